The third-order valence-corrected chi connectivity index (χ3v) is 5.06. The van der Waals surface area contributed by atoms with Gasteiger partial charge in [-0.25, -0.2) is 0 Å². The van der Waals surface area contributed by atoms with Gasteiger partial charge in [-0.2, -0.15) is 8.42 Å². The van der Waals surface area contributed by atoms with Gasteiger partial charge in [0.05, 0.1) is 12.9 Å². The molecule has 0 N–H and O–H groups in total. The second-order valence-electron chi connectivity index (χ2n) is 5.69. The Balaban J connectivity index is 1.94. The third kappa shape index (κ3) is 2.07. The first-order chi connectivity index (χ1) is 6.81. The summed E-state index contributed by atoms with van der Waals surface area (Å²) in [6.07, 6.45) is 4.77. The molecule has 0 spiro atoms. The minimum absolute atomic E-state index is 0.389. The lowest BCUT2D eigenvalue weighted by Crippen LogP contribution is -2.53. The van der Waals surface area contributed by atoms with Gasteiger partial charge in [-0.3, -0.25) is 4.18 Å². The Kier molecular flexibility index (Phi) is 2.62. The van der Waals surface area contributed by atoms with Gasteiger partial charge in [-0.15, -0.1) is 0 Å². The first-order valence-corrected chi connectivity index (χ1v) is 7.47. The number of fused-ring (bicyclic) bond motifs is 2. The van der Waals surface area contributed by atoms with E-state index < -0.39 is 10.1 Å². The van der Waals surface area contributed by atoms with Crippen LogP contribution in [0.15, 0.2) is 0 Å². The summed E-state index contributed by atoms with van der Waals surface area (Å²) in [6.45, 7) is 5.00. The summed E-state index contributed by atoms with van der Waals surface area (Å²) in [4.78, 5) is 0. The van der Waals surface area contributed by atoms with Gasteiger partial charge in [0.1, 0.15) is 0 Å². The Morgan fingerprint density at radius 1 is 1.33 bits per heavy atom. The van der Waals surface area contributed by atoms with Crippen molar-refractivity contribution in [2.45, 2.75) is 33.1 Å². The Morgan fingerprint density at radius 3 is 2.47 bits per heavy atom. The Hall–Kier alpha value is -0.0900. The number of hydrogen-bond donors (Lipinski definition) is 0. The van der Waals surface area contributed by atoms with E-state index in [0.29, 0.717) is 23.9 Å². The molecule has 0 aromatic rings. The summed E-state index contributed by atoms with van der Waals surface area (Å²) >= 11 is 0. The van der Waals surface area contributed by atoms with Crippen LogP contribution in [-0.4, -0.2) is 21.3 Å². The van der Waals surface area contributed by atoms with Gasteiger partial charge in [0, 0.05) is 0 Å². The van der Waals surface area contributed by atoms with Crippen molar-refractivity contribution in [1.29, 1.82) is 0 Å². The fourth-order valence-electron chi connectivity index (χ4n) is 3.37. The fraction of sp³-hybridized carbons (Fsp3) is 1.00. The zero-order valence-corrected chi connectivity index (χ0v) is 10.5. The van der Waals surface area contributed by atoms with Crippen molar-refractivity contribution in [1.82, 2.24) is 0 Å². The van der Waals surface area contributed by atoms with Crippen molar-refractivity contribution >= 4 is 10.1 Å². The number of rotatable bonds is 3. The van der Waals surface area contributed by atoms with E-state index in [9.17, 15) is 8.42 Å². The van der Waals surface area contributed by atoms with Crippen LogP contribution in [0.4, 0.5) is 0 Å². The van der Waals surface area contributed by atoms with Crippen LogP contribution in [-0.2, 0) is 14.3 Å². The van der Waals surface area contributed by atoms with Gasteiger partial charge in [-0.1, -0.05) is 13.8 Å². The van der Waals surface area contributed by atoms with E-state index in [0.717, 1.165) is 18.6 Å². The molecule has 0 radical (unpaired) electrons. The highest BCUT2D eigenvalue weighted by Gasteiger charge is 2.54. The van der Waals surface area contributed by atoms with Crippen LogP contribution in [0.5, 0.6) is 0 Å². The fourth-order valence-corrected chi connectivity index (χ4v) is 3.79. The molecule has 3 nitrogen and oxygen atoms in total. The van der Waals surface area contributed by atoms with Gasteiger partial charge < -0.3 is 0 Å². The van der Waals surface area contributed by atoms with E-state index in [4.69, 9.17) is 4.18 Å². The van der Waals surface area contributed by atoms with E-state index in [1.54, 1.807) is 0 Å². The molecule has 3 aliphatic rings. The normalized spacial score (nSPS) is 38.5. The quantitative estimate of drug-likeness (QED) is 0.699. The smallest absolute Gasteiger partial charge is 0.264 e. The maximum absolute atomic E-state index is 10.9. The van der Waals surface area contributed by atoms with Crippen LogP contribution >= 0.6 is 0 Å². The summed E-state index contributed by atoms with van der Waals surface area (Å²) in [5, 5.41) is 0. The maximum atomic E-state index is 10.9. The average Bonchev–Trinajstić information content (AvgIpc) is 2.13. The molecular weight excluding hydrogens is 212 g/mol. The zero-order chi connectivity index (χ0) is 11.3. The molecule has 0 saturated heterocycles. The SMILES string of the molecule is CC1(C)[C@@H]2CCC(COS(C)(=O)=O)[C@H]1C2. The lowest BCUT2D eigenvalue weighted by Gasteiger charge is -2.60. The second kappa shape index (κ2) is 3.45. The molecule has 3 atom stereocenters. The topological polar surface area (TPSA) is 43.4 Å². The lowest BCUT2D eigenvalue weighted by molar-refractivity contribution is -0.113. The average molecular weight is 232 g/mol. The highest BCUT2D eigenvalue weighted by molar-refractivity contribution is 7.85. The molecule has 0 aromatic heterocycles. The molecule has 3 aliphatic carbocycles. The van der Waals surface area contributed by atoms with Gasteiger partial charge in [-0.05, 0) is 42.4 Å². The maximum Gasteiger partial charge on any atom is 0.264 e. The molecule has 0 amide bonds. The molecule has 3 rings (SSSR count). The summed E-state index contributed by atoms with van der Waals surface area (Å²) in [6, 6.07) is 0. The minimum atomic E-state index is -3.27. The monoisotopic (exact) mass is 232 g/mol. The van der Waals surface area contributed by atoms with Crippen LogP contribution in [0.25, 0.3) is 0 Å². The van der Waals surface area contributed by atoms with Crippen molar-refractivity contribution in [3.63, 3.8) is 0 Å². The molecule has 0 heterocycles. The lowest BCUT2D eigenvalue weighted by atomic mass is 9.46. The van der Waals surface area contributed by atoms with E-state index in [-0.39, 0.29) is 0 Å². The second-order valence-corrected chi connectivity index (χ2v) is 7.33. The van der Waals surface area contributed by atoms with Crippen LogP contribution in [0.2, 0.25) is 0 Å². The minimum Gasteiger partial charge on any atom is -0.270 e. The predicted molar refractivity (Wildman–Crippen MR) is 58.9 cm³/mol. The Labute approximate surface area is 92.3 Å². The van der Waals surface area contributed by atoms with Gasteiger partial charge in [0.25, 0.3) is 10.1 Å². The van der Waals surface area contributed by atoms with Crippen molar-refractivity contribution in [2.75, 3.05) is 12.9 Å². The first kappa shape index (κ1) is 11.4. The van der Waals surface area contributed by atoms with Crippen molar-refractivity contribution in [3.8, 4) is 0 Å². The molecule has 88 valence electrons. The van der Waals surface area contributed by atoms with Crippen LogP contribution in [0.3, 0.4) is 0 Å². The zero-order valence-electron chi connectivity index (χ0n) is 9.69. The van der Waals surface area contributed by atoms with Gasteiger partial charge in [0.15, 0.2) is 0 Å². The Morgan fingerprint density at radius 2 is 2.00 bits per heavy atom. The summed E-state index contributed by atoms with van der Waals surface area (Å²) in [5.74, 6) is 1.97. The molecule has 4 heteroatoms. The van der Waals surface area contributed by atoms with Gasteiger partial charge >= 0.3 is 0 Å². The van der Waals surface area contributed by atoms with Crippen molar-refractivity contribution in [2.24, 2.45) is 23.2 Å². The van der Waals surface area contributed by atoms with E-state index in [2.05, 4.69) is 13.8 Å². The van der Waals surface area contributed by atoms with Gasteiger partial charge in [0.2, 0.25) is 0 Å². The Bertz CT molecular complexity index is 343. The summed E-state index contributed by atoms with van der Waals surface area (Å²) in [5.41, 5.74) is 0.407. The molecule has 0 aromatic carbocycles. The highest BCUT2D eigenvalue weighted by Crippen LogP contribution is 2.61. The summed E-state index contributed by atoms with van der Waals surface area (Å²) in [7, 11) is -3.27. The molecule has 3 saturated carbocycles. The third-order valence-electron chi connectivity index (χ3n) is 4.50. The molecule has 2 bridgehead atoms. The molecular formula is C11H20O3S. The van der Waals surface area contributed by atoms with Crippen LogP contribution in [0, 0.1) is 23.2 Å². The van der Waals surface area contributed by atoms with Crippen molar-refractivity contribution in [3.05, 3.63) is 0 Å². The van der Waals surface area contributed by atoms with E-state index in [1.165, 1.54) is 12.8 Å². The highest BCUT2D eigenvalue weighted by atomic mass is 32.2. The van der Waals surface area contributed by atoms with Crippen LogP contribution < -0.4 is 0 Å². The standard InChI is InChI=1S/C11H20O3S/c1-11(2)9-5-4-8(10(11)6-9)7-14-15(3,12)13/h8-10H,4-7H2,1-3H3/t8?,9-,10-/m1/s1. The molecule has 15 heavy (non-hydrogen) atoms. The first-order valence-electron chi connectivity index (χ1n) is 5.65. The predicted octanol–water partition coefficient (Wildman–Crippen LogP) is 2.03. The van der Waals surface area contributed by atoms with E-state index >= 15 is 0 Å². The van der Waals surface area contributed by atoms with Crippen LogP contribution in [0.1, 0.15) is 33.1 Å². The molecule has 0 aliphatic heterocycles. The molecule has 1 unspecified atom stereocenters. The number of hydrogen-bond acceptors (Lipinski definition) is 3. The summed E-state index contributed by atoms with van der Waals surface area (Å²) < 4.78 is 26.8. The largest absolute Gasteiger partial charge is 0.270 e. The van der Waals surface area contributed by atoms with Crippen molar-refractivity contribution < 1.29 is 12.6 Å². The molecule has 3 fully saturated rings. The van der Waals surface area contributed by atoms with E-state index in [1.807, 2.05) is 0 Å².